The molecule has 1 aromatic carbocycles. The number of methoxy groups -OCH3 is 1. The molecule has 0 aliphatic rings. The molecule has 0 bridgehead atoms. The summed E-state index contributed by atoms with van der Waals surface area (Å²) in [6.07, 6.45) is -0.0470. The van der Waals surface area contributed by atoms with Gasteiger partial charge in [0.1, 0.15) is 6.04 Å². The fourth-order valence-corrected chi connectivity index (χ4v) is 1.51. The number of carboxylic acid groups (broad SMARTS) is 1. The van der Waals surface area contributed by atoms with Crippen LogP contribution in [0.2, 0.25) is 0 Å². The summed E-state index contributed by atoms with van der Waals surface area (Å²) in [6, 6.07) is 2.34. The fourth-order valence-electron chi connectivity index (χ4n) is 1.51. The number of carbonyl (C=O) groups excluding carboxylic acids is 1. The molecular formula is C11H12N2O6. The lowest BCUT2D eigenvalue weighted by molar-refractivity contribution is -0.384. The van der Waals surface area contributed by atoms with Crippen LogP contribution in [0.25, 0.3) is 0 Å². The molecule has 0 aliphatic carbocycles. The van der Waals surface area contributed by atoms with Gasteiger partial charge in [0, 0.05) is 12.1 Å². The molecule has 0 aliphatic heterocycles. The average Bonchev–Trinajstić information content (AvgIpc) is 2.37. The van der Waals surface area contributed by atoms with E-state index in [4.69, 9.17) is 10.8 Å². The molecule has 1 atom stereocenters. The molecule has 0 saturated heterocycles. The third-order valence-corrected chi connectivity index (χ3v) is 2.39. The van der Waals surface area contributed by atoms with Crippen molar-refractivity contribution in [2.75, 3.05) is 7.11 Å². The fraction of sp³-hybridized carbons (Fsp3) is 0.273. The normalized spacial score (nSPS) is 11.7. The Morgan fingerprint density at radius 3 is 2.58 bits per heavy atom. The lowest BCUT2D eigenvalue weighted by Crippen LogP contribution is -2.33. The van der Waals surface area contributed by atoms with E-state index in [1.54, 1.807) is 0 Å². The molecule has 19 heavy (non-hydrogen) atoms. The van der Waals surface area contributed by atoms with E-state index in [9.17, 15) is 19.7 Å². The number of nitrogens with two attached hydrogens (primary N) is 1. The maximum absolute atomic E-state index is 11.2. The lowest BCUT2D eigenvalue weighted by atomic mass is 10.0. The highest BCUT2D eigenvalue weighted by molar-refractivity contribution is 5.88. The Bertz CT molecular complexity index is 496. The van der Waals surface area contributed by atoms with Crippen molar-refractivity contribution in [2.24, 2.45) is 5.73 Å². The minimum atomic E-state index is -1.29. The molecule has 0 unspecified atom stereocenters. The molecule has 0 saturated carbocycles. The van der Waals surface area contributed by atoms with Crippen LogP contribution in [0.1, 0.15) is 15.9 Å². The van der Waals surface area contributed by atoms with Crippen LogP contribution in [-0.2, 0) is 16.0 Å². The highest BCUT2D eigenvalue weighted by Gasteiger charge is 2.18. The first-order valence-electron chi connectivity index (χ1n) is 5.20. The molecule has 1 rings (SSSR count). The molecule has 1 aromatic rings. The topological polar surface area (TPSA) is 133 Å². The largest absolute Gasteiger partial charge is 0.478 e. The number of benzene rings is 1. The first-order valence-corrected chi connectivity index (χ1v) is 5.20. The highest BCUT2D eigenvalue weighted by atomic mass is 16.6. The minimum absolute atomic E-state index is 0.0470. The van der Waals surface area contributed by atoms with Crippen molar-refractivity contribution in [1.82, 2.24) is 0 Å². The maximum Gasteiger partial charge on any atom is 0.335 e. The molecule has 102 valence electrons. The zero-order chi connectivity index (χ0) is 14.6. The second-order valence-electron chi connectivity index (χ2n) is 3.78. The second-order valence-corrected chi connectivity index (χ2v) is 3.78. The molecule has 3 N–H and O–H groups in total. The molecule has 8 nitrogen and oxygen atoms in total. The Labute approximate surface area is 107 Å². The standard InChI is InChI=1S/C11H12N2O6/c1-19-11(16)9(12)4-6-2-7(10(14)15)5-8(3-6)13(17)18/h2-3,5,9H,4,12H2,1H3,(H,14,15)/t9-/m0/s1. The van der Waals surface area contributed by atoms with Crippen molar-refractivity contribution < 1.29 is 24.4 Å². The van der Waals surface area contributed by atoms with Gasteiger partial charge in [-0.15, -0.1) is 0 Å². The number of non-ortho nitro benzene ring substituents is 1. The van der Waals surface area contributed by atoms with E-state index in [2.05, 4.69) is 4.74 Å². The summed E-state index contributed by atoms with van der Waals surface area (Å²) in [5.74, 6) is -1.97. The van der Waals surface area contributed by atoms with Crippen LogP contribution < -0.4 is 5.73 Å². The number of esters is 1. The molecule has 0 spiro atoms. The molecule has 0 radical (unpaired) electrons. The summed E-state index contributed by atoms with van der Waals surface area (Å²) < 4.78 is 4.43. The van der Waals surface area contributed by atoms with Crippen LogP contribution in [0.4, 0.5) is 5.69 Å². The summed E-state index contributed by atoms with van der Waals surface area (Å²) in [6.45, 7) is 0. The Hall–Kier alpha value is -2.48. The maximum atomic E-state index is 11.2. The Balaban J connectivity index is 3.09. The van der Waals surface area contributed by atoms with Gasteiger partial charge in [-0.25, -0.2) is 4.79 Å². The zero-order valence-electron chi connectivity index (χ0n) is 10.0. The van der Waals surface area contributed by atoms with Crippen LogP contribution in [0.5, 0.6) is 0 Å². The lowest BCUT2D eigenvalue weighted by Gasteiger charge is -2.09. The van der Waals surface area contributed by atoms with E-state index in [1.807, 2.05) is 0 Å². The van der Waals surface area contributed by atoms with E-state index in [1.165, 1.54) is 12.1 Å². The van der Waals surface area contributed by atoms with Gasteiger partial charge in [-0.3, -0.25) is 14.9 Å². The first-order chi connectivity index (χ1) is 8.85. The van der Waals surface area contributed by atoms with Crippen molar-refractivity contribution in [3.63, 3.8) is 0 Å². The third-order valence-electron chi connectivity index (χ3n) is 2.39. The average molecular weight is 268 g/mol. The van der Waals surface area contributed by atoms with Gasteiger partial charge in [0.2, 0.25) is 0 Å². The number of rotatable bonds is 5. The second kappa shape index (κ2) is 5.91. The number of nitrogens with zero attached hydrogens (tertiary/aromatic N) is 1. The van der Waals surface area contributed by atoms with E-state index in [0.717, 1.165) is 13.2 Å². The van der Waals surface area contributed by atoms with Crippen molar-refractivity contribution >= 4 is 17.6 Å². The Morgan fingerprint density at radius 1 is 1.47 bits per heavy atom. The molecular weight excluding hydrogens is 256 g/mol. The number of hydrogen-bond donors (Lipinski definition) is 2. The van der Waals surface area contributed by atoms with Gasteiger partial charge in [-0.2, -0.15) is 0 Å². The van der Waals surface area contributed by atoms with Gasteiger partial charge < -0.3 is 15.6 Å². The van der Waals surface area contributed by atoms with Gasteiger partial charge in [0.25, 0.3) is 5.69 Å². The van der Waals surface area contributed by atoms with E-state index in [0.29, 0.717) is 0 Å². The van der Waals surface area contributed by atoms with Crippen LogP contribution in [0.15, 0.2) is 18.2 Å². The number of aromatic carboxylic acids is 1. The molecule has 0 amide bonds. The monoisotopic (exact) mass is 268 g/mol. The Kier molecular flexibility index (Phi) is 4.54. The number of nitro groups is 1. The van der Waals surface area contributed by atoms with Crippen LogP contribution in [-0.4, -0.2) is 35.1 Å². The van der Waals surface area contributed by atoms with Gasteiger partial charge in [-0.1, -0.05) is 0 Å². The van der Waals surface area contributed by atoms with E-state index in [-0.39, 0.29) is 23.2 Å². The number of hydrogen-bond acceptors (Lipinski definition) is 6. The summed E-state index contributed by atoms with van der Waals surface area (Å²) in [5.41, 5.74) is 5.20. The molecule has 0 heterocycles. The SMILES string of the molecule is COC(=O)[C@@H](N)Cc1cc(C(=O)O)cc([N+](=O)[O-])c1. The van der Waals surface area contributed by atoms with Crippen LogP contribution >= 0.6 is 0 Å². The summed E-state index contributed by atoms with van der Waals surface area (Å²) in [5, 5.41) is 19.6. The zero-order valence-corrected chi connectivity index (χ0v) is 10.0. The van der Waals surface area contributed by atoms with Crippen molar-refractivity contribution in [1.29, 1.82) is 0 Å². The predicted molar refractivity (Wildman–Crippen MR) is 63.8 cm³/mol. The van der Waals surface area contributed by atoms with Gasteiger partial charge in [-0.05, 0) is 18.1 Å². The van der Waals surface area contributed by atoms with Gasteiger partial charge in [0.05, 0.1) is 17.6 Å². The third kappa shape index (κ3) is 3.75. The van der Waals surface area contributed by atoms with Crippen LogP contribution in [0.3, 0.4) is 0 Å². The molecule has 0 fully saturated rings. The van der Waals surface area contributed by atoms with Crippen molar-refractivity contribution in [3.05, 3.63) is 39.4 Å². The Morgan fingerprint density at radius 2 is 2.11 bits per heavy atom. The van der Waals surface area contributed by atoms with Crippen molar-refractivity contribution in [3.8, 4) is 0 Å². The van der Waals surface area contributed by atoms with Gasteiger partial charge in [0.15, 0.2) is 0 Å². The van der Waals surface area contributed by atoms with Crippen LogP contribution in [0, 0.1) is 10.1 Å². The number of nitro benzene ring substituents is 1. The molecule has 8 heteroatoms. The first kappa shape index (κ1) is 14.6. The summed E-state index contributed by atoms with van der Waals surface area (Å²) >= 11 is 0. The summed E-state index contributed by atoms with van der Waals surface area (Å²) in [7, 11) is 1.16. The number of carboxylic acids is 1. The van der Waals surface area contributed by atoms with E-state index >= 15 is 0 Å². The molecule has 0 aromatic heterocycles. The van der Waals surface area contributed by atoms with Crippen molar-refractivity contribution in [2.45, 2.75) is 12.5 Å². The number of carbonyl (C=O) groups is 2. The van der Waals surface area contributed by atoms with Gasteiger partial charge >= 0.3 is 11.9 Å². The quantitative estimate of drug-likeness (QED) is 0.446. The minimum Gasteiger partial charge on any atom is -0.478 e. The van der Waals surface area contributed by atoms with E-state index < -0.39 is 22.9 Å². The number of ether oxygens (including phenoxy) is 1. The smallest absolute Gasteiger partial charge is 0.335 e. The highest BCUT2D eigenvalue weighted by Crippen LogP contribution is 2.18. The predicted octanol–water partition coefficient (Wildman–Crippen LogP) is 0.336. The summed E-state index contributed by atoms with van der Waals surface area (Å²) in [4.78, 5) is 32.0.